The van der Waals surface area contributed by atoms with E-state index in [1.807, 2.05) is 0 Å². The lowest BCUT2D eigenvalue weighted by atomic mass is 10.3. The molecule has 0 aliphatic carbocycles. The van der Waals surface area contributed by atoms with Gasteiger partial charge in [-0.05, 0) is 18.6 Å². The topological polar surface area (TPSA) is 106 Å². The van der Waals surface area contributed by atoms with Gasteiger partial charge in [-0.2, -0.15) is 4.72 Å². The summed E-state index contributed by atoms with van der Waals surface area (Å²) in [6, 6.07) is 3.80. The number of non-ortho nitro benzene ring substituents is 1. The standard InChI is InChI=1S/C10H10N2O5S2/c13-10-9(5-6-18-10)11-19(16,17)8-3-1-7(2-4-8)12(14)15/h1-4,9,11H,5-6H2/t9-/m1/s1. The highest BCUT2D eigenvalue weighted by Crippen LogP contribution is 2.22. The number of benzene rings is 1. The van der Waals surface area contributed by atoms with Crippen LogP contribution in [0.1, 0.15) is 6.42 Å². The fourth-order valence-electron chi connectivity index (χ4n) is 1.61. The van der Waals surface area contributed by atoms with Crippen molar-refractivity contribution in [3.63, 3.8) is 0 Å². The van der Waals surface area contributed by atoms with Crippen molar-refractivity contribution < 1.29 is 18.1 Å². The largest absolute Gasteiger partial charge is 0.285 e. The van der Waals surface area contributed by atoms with E-state index in [0.29, 0.717) is 12.2 Å². The normalized spacial score (nSPS) is 19.6. The Morgan fingerprint density at radius 2 is 1.95 bits per heavy atom. The Morgan fingerprint density at radius 3 is 2.42 bits per heavy atom. The molecule has 1 saturated heterocycles. The molecule has 7 nitrogen and oxygen atoms in total. The van der Waals surface area contributed by atoms with Crippen molar-refractivity contribution in [2.75, 3.05) is 5.75 Å². The number of hydrogen-bond donors (Lipinski definition) is 1. The minimum absolute atomic E-state index is 0.0946. The highest BCUT2D eigenvalue weighted by Gasteiger charge is 2.30. The molecule has 0 radical (unpaired) electrons. The molecule has 1 N–H and O–H groups in total. The van der Waals surface area contributed by atoms with E-state index < -0.39 is 21.0 Å². The van der Waals surface area contributed by atoms with Gasteiger partial charge in [0.25, 0.3) is 5.69 Å². The highest BCUT2D eigenvalue weighted by molar-refractivity contribution is 8.14. The van der Waals surface area contributed by atoms with Gasteiger partial charge < -0.3 is 0 Å². The molecule has 0 aromatic heterocycles. The molecular formula is C10H10N2O5S2. The minimum atomic E-state index is -3.83. The smallest absolute Gasteiger partial charge is 0.269 e. The van der Waals surface area contributed by atoms with E-state index in [-0.39, 0.29) is 15.7 Å². The molecule has 0 amide bonds. The van der Waals surface area contributed by atoms with Crippen LogP contribution in [0.2, 0.25) is 0 Å². The van der Waals surface area contributed by atoms with Crippen molar-refractivity contribution in [3.05, 3.63) is 34.4 Å². The second-order valence-electron chi connectivity index (χ2n) is 3.88. The van der Waals surface area contributed by atoms with E-state index >= 15 is 0 Å². The van der Waals surface area contributed by atoms with E-state index in [9.17, 15) is 23.3 Å². The van der Waals surface area contributed by atoms with Gasteiger partial charge in [-0.15, -0.1) is 0 Å². The van der Waals surface area contributed by atoms with Gasteiger partial charge >= 0.3 is 0 Å². The lowest BCUT2D eigenvalue weighted by molar-refractivity contribution is -0.384. The fourth-order valence-corrected chi connectivity index (χ4v) is 3.84. The monoisotopic (exact) mass is 302 g/mol. The molecule has 0 bridgehead atoms. The number of nitro groups is 1. The van der Waals surface area contributed by atoms with Crippen LogP contribution in [0.25, 0.3) is 0 Å². The number of rotatable bonds is 4. The molecule has 1 aromatic carbocycles. The van der Waals surface area contributed by atoms with E-state index in [2.05, 4.69) is 4.72 Å². The Labute approximate surface area is 113 Å². The Kier molecular flexibility index (Phi) is 3.88. The summed E-state index contributed by atoms with van der Waals surface area (Å²) in [6.45, 7) is 0. The summed E-state index contributed by atoms with van der Waals surface area (Å²) in [5.41, 5.74) is -0.188. The molecule has 1 aromatic rings. The lowest BCUT2D eigenvalue weighted by Crippen LogP contribution is -2.37. The number of nitrogens with zero attached hydrogens (tertiary/aromatic N) is 1. The Morgan fingerprint density at radius 1 is 1.32 bits per heavy atom. The first-order valence-corrected chi connectivity index (χ1v) is 7.80. The zero-order valence-corrected chi connectivity index (χ0v) is 11.2. The molecule has 102 valence electrons. The first-order valence-electron chi connectivity index (χ1n) is 5.33. The van der Waals surface area contributed by atoms with Crippen LogP contribution in [0, 0.1) is 10.1 Å². The van der Waals surface area contributed by atoms with Crippen molar-refractivity contribution in [2.24, 2.45) is 0 Å². The second kappa shape index (κ2) is 5.27. The maximum Gasteiger partial charge on any atom is 0.269 e. The van der Waals surface area contributed by atoms with Gasteiger partial charge in [0.05, 0.1) is 15.9 Å². The Bertz CT molecular complexity index is 611. The van der Waals surface area contributed by atoms with Crippen LogP contribution in [-0.4, -0.2) is 30.3 Å². The van der Waals surface area contributed by atoms with Gasteiger partial charge in [0.1, 0.15) is 0 Å². The maximum atomic E-state index is 12.0. The van der Waals surface area contributed by atoms with Crippen molar-refractivity contribution in [3.8, 4) is 0 Å². The van der Waals surface area contributed by atoms with E-state index in [1.54, 1.807) is 0 Å². The summed E-state index contributed by atoms with van der Waals surface area (Å²) in [7, 11) is -3.83. The Hall–Kier alpha value is -1.45. The quantitative estimate of drug-likeness (QED) is 0.654. The molecule has 9 heteroatoms. The molecule has 1 atom stereocenters. The minimum Gasteiger partial charge on any atom is -0.285 e. The summed E-state index contributed by atoms with van der Waals surface area (Å²) < 4.78 is 26.2. The van der Waals surface area contributed by atoms with E-state index in [0.717, 1.165) is 36.0 Å². The molecular weight excluding hydrogens is 292 g/mol. The third kappa shape index (κ3) is 3.11. The van der Waals surface area contributed by atoms with Crippen molar-refractivity contribution in [1.82, 2.24) is 4.72 Å². The van der Waals surface area contributed by atoms with Crippen LogP contribution in [0.4, 0.5) is 5.69 Å². The summed E-state index contributed by atoms with van der Waals surface area (Å²) >= 11 is 1.09. The van der Waals surface area contributed by atoms with Crippen LogP contribution >= 0.6 is 11.8 Å². The van der Waals surface area contributed by atoms with Gasteiger partial charge in [0, 0.05) is 17.9 Å². The maximum absolute atomic E-state index is 12.0. The first-order chi connectivity index (χ1) is 8.90. The van der Waals surface area contributed by atoms with Gasteiger partial charge in [0.2, 0.25) is 15.1 Å². The number of carbonyl (C=O) groups excluding carboxylic acids is 1. The number of carbonyl (C=O) groups is 1. The third-order valence-electron chi connectivity index (χ3n) is 2.59. The predicted octanol–water partition coefficient (Wildman–Crippen LogP) is 0.905. The Balaban J connectivity index is 2.19. The highest BCUT2D eigenvalue weighted by atomic mass is 32.2. The molecule has 1 aliphatic heterocycles. The zero-order valence-electron chi connectivity index (χ0n) is 9.61. The molecule has 0 saturated carbocycles. The number of sulfonamides is 1. The van der Waals surface area contributed by atoms with Crippen molar-refractivity contribution >= 4 is 32.6 Å². The van der Waals surface area contributed by atoms with Gasteiger partial charge in [-0.3, -0.25) is 14.9 Å². The van der Waals surface area contributed by atoms with Crippen molar-refractivity contribution in [1.29, 1.82) is 0 Å². The van der Waals surface area contributed by atoms with Gasteiger partial charge in [0.15, 0.2) is 0 Å². The number of nitro benzene ring substituents is 1. The van der Waals surface area contributed by atoms with E-state index in [4.69, 9.17) is 0 Å². The van der Waals surface area contributed by atoms with Crippen molar-refractivity contribution in [2.45, 2.75) is 17.4 Å². The average molecular weight is 302 g/mol. The van der Waals surface area contributed by atoms with Crippen LogP contribution in [-0.2, 0) is 14.8 Å². The number of thioether (sulfide) groups is 1. The molecule has 1 aliphatic rings. The molecule has 0 unspecified atom stereocenters. The second-order valence-corrected chi connectivity index (χ2v) is 6.69. The average Bonchev–Trinajstić information content (AvgIpc) is 2.74. The summed E-state index contributed by atoms with van der Waals surface area (Å²) in [4.78, 5) is 21.1. The summed E-state index contributed by atoms with van der Waals surface area (Å²) in [5, 5.41) is 10.3. The molecule has 2 rings (SSSR count). The fraction of sp³-hybridized carbons (Fsp3) is 0.300. The van der Waals surface area contributed by atoms with Gasteiger partial charge in [-0.1, -0.05) is 11.8 Å². The van der Waals surface area contributed by atoms with E-state index in [1.165, 1.54) is 0 Å². The molecule has 1 heterocycles. The summed E-state index contributed by atoms with van der Waals surface area (Å²) in [5.74, 6) is 0.590. The zero-order chi connectivity index (χ0) is 14.0. The number of nitrogens with one attached hydrogen (secondary N) is 1. The van der Waals surface area contributed by atoms with Crippen LogP contribution in [0.15, 0.2) is 29.2 Å². The summed E-state index contributed by atoms with van der Waals surface area (Å²) in [6.07, 6.45) is 0.454. The molecule has 19 heavy (non-hydrogen) atoms. The third-order valence-corrected chi connectivity index (χ3v) is 5.09. The number of hydrogen-bond acceptors (Lipinski definition) is 6. The molecule has 0 spiro atoms. The molecule has 1 fully saturated rings. The predicted molar refractivity (Wildman–Crippen MR) is 69.3 cm³/mol. The lowest BCUT2D eigenvalue weighted by Gasteiger charge is -2.10. The van der Waals surface area contributed by atoms with Crippen LogP contribution < -0.4 is 4.72 Å². The first kappa shape index (κ1) is 14.0. The SMILES string of the molecule is O=C1SCC[C@H]1NS(=O)(=O)c1ccc([N+](=O)[O-])cc1. The van der Waals surface area contributed by atoms with Crippen LogP contribution in [0.5, 0.6) is 0 Å². The van der Waals surface area contributed by atoms with Gasteiger partial charge in [-0.25, -0.2) is 8.42 Å². The van der Waals surface area contributed by atoms with Crippen LogP contribution in [0.3, 0.4) is 0 Å².